The summed E-state index contributed by atoms with van der Waals surface area (Å²) in [6.45, 7) is 4.49. The number of anilines is 1. The Labute approximate surface area is 190 Å². The number of carbonyl (C=O) groups excluding carboxylic acids is 1. The summed E-state index contributed by atoms with van der Waals surface area (Å²) >= 11 is 0. The van der Waals surface area contributed by atoms with Gasteiger partial charge in [-0.3, -0.25) is 4.79 Å². The first-order valence-electron chi connectivity index (χ1n) is 10.7. The van der Waals surface area contributed by atoms with Crippen molar-refractivity contribution in [3.05, 3.63) is 54.1 Å². The van der Waals surface area contributed by atoms with Crippen LogP contribution in [0, 0.1) is 0 Å². The molecule has 2 rings (SSSR count). The van der Waals surface area contributed by atoms with Gasteiger partial charge in [0, 0.05) is 52.5 Å². The smallest absolute Gasteiger partial charge is 0.259 e. The summed E-state index contributed by atoms with van der Waals surface area (Å²) in [7, 11) is 5.09. The van der Waals surface area contributed by atoms with Gasteiger partial charge in [0.15, 0.2) is 12.6 Å². The summed E-state index contributed by atoms with van der Waals surface area (Å²) in [4.78, 5) is 17.9. The highest BCUT2D eigenvalue weighted by Gasteiger charge is 2.06. The lowest BCUT2D eigenvalue weighted by atomic mass is 10.2. The van der Waals surface area contributed by atoms with E-state index in [2.05, 4.69) is 15.6 Å². The molecule has 0 aliphatic rings. The van der Waals surface area contributed by atoms with Crippen LogP contribution in [0.25, 0.3) is 0 Å². The first-order chi connectivity index (χ1) is 15.5. The first-order valence-corrected chi connectivity index (χ1v) is 10.7. The average molecular weight is 443 g/mol. The molecule has 0 bridgehead atoms. The number of hydrogen-bond acceptors (Lipinski definition) is 5. The van der Waals surface area contributed by atoms with Crippen molar-refractivity contribution in [3.63, 3.8) is 0 Å². The SMILES string of the molecule is CCNC(=NCc1cccc(OCC(=O)N(C)C)c1)Nc1cccc(OCCCOC)c1. The Bertz CT molecular complexity index is 871. The van der Waals surface area contributed by atoms with Crippen molar-refractivity contribution in [3.8, 4) is 11.5 Å². The Balaban J connectivity index is 1.98. The third kappa shape index (κ3) is 9.26. The second-order valence-electron chi connectivity index (χ2n) is 7.27. The van der Waals surface area contributed by atoms with Crippen LogP contribution in [0.5, 0.6) is 11.5 Å². The van der Waals surface area contributed by atoms with Gasteiger partial charge in [-0.1, -0.05) is 18.2 Å². The molecule has 0 aliphatic carbocycles. The van der Waals surface area contributed by atoms with Crippen molar-refractivity contribution in [2.24, 2.45) is 4.99 Å². The van der Waals surface area contributed by atoms with E-state index in [0.29, 0.717) is 31.5 Å². The maximum Gasteiger partial charge on any atom is 0.259 e. The lowest BCUT2D eigenvalue weighted by Crippen LogP contribution is -2.30. The highest BCUT2D eigenvalue weighted by Crippen LogP contribution is 2.18. The number of amides is 1. The second-order valence-corrected chi connectivity index (χ2v) is 7.27. The Morgan fingerprint density at radius 2 is 1.78 bits per heavy atom. The van der Waals surface area contributed by atoms with Crippen LogP contribution < -0.4 is 20.1 Å². The van der Waals surface area contributed by atoms with Crippen LogP contribution in [0.1, 0.15) is 18.9 Å². The molecule has 2 aromatic rings. The second kappa shape index (κ2) is 13.9. The van der Waals surface area contributed by atoms with Crippen LogP contribution in [0.4, 0.5) is 5.69 Å². The zero-order valence-electron chi connectivity index (χ0n) is 19.4. The van der Waals surface area contributed by atoms with E-state index in [0.717, 1.165) is 30.0 Å². The maximum absolute atomic E-state index is 11.7. The molecule has 0 spiro atoms. The minimum Gasteiger partial charge on any atom is -0.493 e. The summed E-state index contributed by atoms with van der Waals surface area (Å²) in [5.41, 5.74) is 1.86. The normalized spacial score (nSPS) is 11.1. The Morgan fingerprint density at radius 1 is 1.03 bits per heavy atom. The summed E-state index contributed by atoms with van der Waals surface area (Å²) in [5, 5.41) is 6.56. The zero-order valence-corrected chi connectivity index (χ0v) is 19.4. The van der Waals surface area contributed by atoms with E-state index in [-0.39, 0.29) is 12.5 Å². The number of benzene rings is 2. The van der Waals surface area contributed by atoms with Crippen LogP contribution in [-0.4, -0.2) is 64.3 Å². The topological polar surface area (TPSA) is 84.4 Å². The van der Waals surface area contributed by atoms with Crippen LogP contribution >= 0.6 is 0 Å². The fourth-order valence-corrected chi connectivity index (χ4v) is 2.68. The molecule has 0 saturated carbocycles. The van der Waals surface area contributed by atoms with E-state index in [1.54, 1.807) is 21.2 Å². The van der Waals surface area contributed by atoms with Crippen molar-refractivity contribution in [1.82, 2.24) is 10.2 Å². The number of methoxy groups -OCH3 is 1. The number of likely N-dealkylation sites (N-methyl/N-ethyl adjacent to an activating group) is 1. The van der Waals surface area contributed by atoms with Crippen LogP contribution in [0.15, 0.2) is 53.5 Å². The van der Waals surface area contributed by atoms with E-state index in [4.69, 9.17) is 14.2 Å². The molecule has 1 amide bonds. The number of hydrogen-bond donors (Lipinski definition) is 2. The number of aliphatic imine (C=N–C) groups is 1. The van der Waals surface area contributed by atoms with Crippen LogP contribution in [0.3, 0.4) is 0 Å². The van der Waals surface area contributed by atoms with Gasteiger partial charge < -0.3 is 29.7 Å². The molecule has 0 aromatic heterocycles. The van der Waals surface area contributed by atoms with Gasteiger partial charge >= 0.3 is 0 Å². The minimum absolute atomic E-state index is 0.00774. The number of nitrogens with zero attached hydrogens (tertiary/aromatic N) is 2. The van der Waals surface area contributed by atoms with Crippen molar-refractivity contribution in [2.75, 3.05) is 52.9 Å². The fraction of sp³-hybridized carbons (Fsp3) is 0.417. The highest BCUT2D eigenvalue weighted by molar-refractivity contribution is 5.93. The number of ether oxygens (including phenoxy) is 3. The molecule has 0 aliphatic heterocycles. The number of nitrogens with one attached hydrogen (secondary N) is 2. The third-order valence-electron chi connectivity index (χ3n) is 4.38. The van der Waals surface area contributed by atoms with Crippen molar-refractivity contribution in [1.29, 1.82) is 0 Å². The highest BCUT2D eigenvalue weighted by atomic mass is 16.5. The lowest BCUT2D eigenvalue weighted by Gasteiger charge is -2.13. The molecule has 0 fully saturated rings. The predicted molar refractivity (Wildman–Crippen MR) is 127 cm³/mol. The maximum atomic E-state index is 11.7. The Hall–Kier alpha value is -3.26. The molecule has 0 radical (unpaired) electrons. The first kappa shape index (κ1) is 25.0. The molecular weight excluding hydrogens is 408 g/mol. The zero-order chi connectivity index (χ0) is 23.2. The number of carbonyl (C=O) groups is 1. The molecule has 8 nitrogen and oxygen atoms in total. The molecule has 174 valence electrons. The summed E-state index contributed by atoms with van der Waals surface area (Å²) in [5.74, 6) is 2.01. The predicted octanol–water partition coefficient (Wildman–Crippen LogP) is 3.15. The fourth-order valence-electron chi connectivity index (χ4n) is 2.68. The van der Waals surface area contributed by atoms with Crippen molar-refractivity contribution in [2.45, 2.75) is 19.9 Å². The van der Waals surface area contributed by atoms with Gasteiger partial charge in [0.25, 0.3) is 5.91 Å². The summed E-state index contributed by atoms with van der Waals surface area (Å²) < 4.78 is 16.4. The number of guanidine groups is 1. The van der Waals surface area contributed by atoms with E-state index >= 15 is 0 Å². The van der Waals surface area contributed by atoms with Gasteiger partial charge in [0.05, 0.1) is 13.2 Å². The van der Waals surface area contributed by atoms with Gasteiger partial charge in [0.2, 0.25) is 0 Å². The van der Waals surface area contributed by atoms with Gasteiger partial charge in [-0.05, 0) is 36.8 Å². The van der Waals surface area contributed by atoms with Crippen molar-refractivity contribution < 1.29 is 19.0 Å². The number of rotatable bonds is 12. The van der Waals surface area contributed by atoms with Crippen molar-refractivity contribution >= 4 is 17.6 Å². The molecule has 8 heteroatoms. The molecule has 0 atom stereocenters. The van der Waals surface area contributed by atoms with Crippen LogP contribution in [0.2, 0.25) is 0 Å². The van der Waals surface area contributed by atoms with E-state index in [1.165, 1.54) is 4.90 Å². The van der Waals surface area contributed by atoms with Gasteiger partial charge in [0.1, 0.15) is 11.5 Å². The third-order valence-corrected chi connectivity index (χ3v) is 4.38. The van der Waals surface area contributed by atoms with Gasteiger partial charge in [-0.2, -0.15) is 0 Å². The van der Waals surface area contributed by atoms with E-state index in [9.17, 15) is 4.79 Å². The largest absolute Gasteiger partial charge is 0.493 e. The van der Waals surface area contributed by atoms with E-state index in [1.807, 2.05) is 55.5 Å². The van der Waals surface area contributed by atoms with Gasteiger partial charge in [-0.15, -0.1) is 0 Å². The molecule has 32 heavy (non-hydrogen) atoms. The molecule has 0 unspecified atom stereocenters. The van der Waals surface area contributed by atoms with Gasteiger partial charge in [-0.25, -0.2) is 4.99 Å². The lowest BCUT2D eigenvalue weighted by molar-refractivity contribution is -0.130. The standard InChI is InChI=1S/C24H34N4O4/c1-5-25-24(27-20-10-7-12-22(16-20)31-14-8-13-30-4)26-17-19-9-6-11-21(15-19)32-18-23(29)28(2)3/h6-7,9-12,15-16H,5,8,13-14,17-18H2,1-4H3,(H2,25,26,27). The van der Waals surface area contributed by atoms with Crippen LogP contribution in [-0.2, 0) is 16.1 Å². The Kier molecular flexibility index (Phi) is 10.9. The molecule has 2 N–H and O–H groups in total. The quantitative estimate of drug-likeness (QED) is 0.298. The average Bonchev–Trinajstić information content (AvgIpc) is 2.79. The molecule has 0 heterocycles. The molecular formula is C24H34N4O4. The molecule has 0 saturated heterocycles. The minimum atomic E-state index is -0.0861. The van der Waals surface area contributed by atoms with E-state index < -0.39 is 0 Å². The Morgan fingerprint density at radius 3 is 2.50 bits per heavy atom. The summed E-state index contributed by atoms with van der Waals surface area (Å²) in [6.07, 6.45) is 0.838. The molecule has 2 aromatic carbocycles. The summed E-state index contributed by atoms with van der Waals surface area (Å²) in [6, 6.07) is 15.4. The monoisotopic (exact) mass is 442 g/mol.